The van der Waals surface area contributed by atoms with Crippen LogP contribution in [0, 0.1) is 0 Å². The van der Waals surface area contributed by atoms with Crippen LogP contribution in [0.3, 0.4) is 0 Å². The monoisotopic (exact) mass is 963 g/mol. The standard InChI is InChI=1S/C67H45N7O/c75-45-46-33-35-47(36-34-46)68(48-37-41-50(42-38-48)73(69-60-25-9-1-17-52(60)53-18-2-10-26-61(53)69)70-62-27-11-3-19-54(62)55-20-4-12-28-63(55)70)49-39-43-51(44-40-49)74(71-64-29-13-5-21-56(64)57-22-6-14-30-65(57)71)72-66-31-15-7-23-58(66)59-24-8-16-32-67(59)72/h1-45H. The molecule has 0 spiro atoms. The predicted molar refractivity (Wildman–Crippen MR) is 311 cm³/mol. The molecular formula is C67H45N7O. The molecule has 0 aliphatic heterocycles. The highest BCUT2D eigenvalue weighted by Gasteiger charge is 2.26. The lowest BCUT2D eigenvalue weighted by Crippen LogP contribution is -2.34. The number of para-hydroxylation sites is 8. The van der Waals surface area contributed by atoms with E-state index in [0.717, 1.165) is 78.9 Å². The van der Waals surface area contributed by atoms with Gasteiger partial charge in [0, 0.05) is 65.7 Å². The Hall–Kier alpha value is -10.3. The number of carbonyl (C=O) groups is 1. The molecule has 0 radical (unpaired) electrons. The molecule has 0 aliphatic carbocycles. The summed E-state index contributed by atoms with van der Waals surface area (Å²) in [7, 11) is 0. The summed E-state index contributed by atoms with van der Waals surface area (Å²) in [6, 6.07) is 94.8. The zero-order valence-electron chi connectivity index (χ0n) is 40.5. The van der Waals surface area contributed by atoms with Crippen LogP contribution < -0.4 is 15.1 Å². The number of hydrogen-bond donors (Lipinski definition) is 0. The molecule has 8 nitrogen and oxygen atoms in total. The van der Waals surface area contributed by atoms with E-state index in [1.165, 1.54) is 43.1 Å². The Kier molecular flexibility index (Phi) is 9.55. The fourth-order valence-electron chi connectivity index (χ4n) is 11.7. The third kappa shape index (κ3) is 6.46. The van der Waals surface area contributed by atoms with E-state index < -0.39 is 0 Å². The van der Waals surface area contributed by atoms with E-state index >= 15 is 0 Å². The maximum Gasteiger partial charge on any atom is 0.150 e. The van der Waals surface area contributed by atoms with Crippen LogP contribution >= 0.6 is 0 Å². The molecule has 354 valence electrons. The van der Waals surface area contributed by atoms with Crippen molar-refractivity contribution in [3.05, 3.63) is 272 Å². The van der Waals surface area contributed by atoms with Gasteiger partial charge in [-0.3, -0.25) is 4.79 Å². The quantitative estimate of drug-likeness (QED) is 0.128. The molecule has 0 saturated carbocycles. The Morgan fingerprint density at radius 2 is 0.413 bits per heavy atom. The van der Waals surface area contributed by atoms with Gasteiger partial charge in [0.2, 0.25) is 0 Å². The summed E-state index contributed by atoms with van der Waals surface area (Å²) in [6.07, 6.45) is 0.896. The van der Waals surface area contributed by atoms with Gasteiger partial charge in [-0.15, -0.1) is 0 Å². The smallest absolute Gasteiger partial charge is 0.150 e. The summed E-state index contributed by atoms with van der Waals surface area (Å²) >= 11 is 0. The molecule has 4 heterocycles. The van der Waals surface area contributed by atoms with Gasteiger partial charge >= 0.3 is 0 Å². The second-order valence-electron chi connectivity index (χ2n) is 19.0. The van der Waals surface area contributed by atoms with Crippen molar-refractivity contribution in [3.8, 4) is 0 Å². The zero-order chi connectivity index (χ0) is 49.6. The molecule has 0 saturated heterocycles. The van der Waals surface area contributed by atoms with E-state index in [1.807, 2.05) is 24.3 Å². The summed E-state index contributed by atoms with van der Waals surface area (Å²) in [5.74, 6) is 0. The molecule has 15 rings (SSSR count). The van der Waals surface area contributed by atoms with E-state index in [-0.39, 0.29) is 0 Å². The minimum absolute atomic E-state index is 0.616. The number of anilines is 5. The van der Waals surface area contributed by atoms with Gasteiger partial charge in [0.1, 0.15) is 6.29 Å². The molecular weight excluding hydrogens is 919 g/mol. The number of hydrogen-bond acceptors (Lipinski definition) is 4. The van der Waals surface area contributed by atoms with Crippen LogP contribution in [0.1, 0.15) is 10.4 Å². The molecule has 0 bridgehead atoms. The number of rotatable bonds is 10. The van der Waals surface area contributed by atoms with Crippen molar-refractivity contribution in [3.63, 3.8) is 0 Å². The maximum atomic E-state index is 12.0. The largest absolute Gasteiger partial charge is 0.311 e. The summed E-state index contributed by atoms with van der Waals surface area (Å²) in [4.78, 5) is 14.3. The first-order chi connectivity index (χ1) is 37.2. The van der Waals surface area contributed by atoms with Crippen LogP contribution in [-0.2, 0) is 0 Å². The lowest BCUT2D eigenvalue weighted by atomic mass is 10.1. The van der Waals surface area contributed by atoms with Crippen molar-refractivity contribution in [2.75, 3.05) is 15.1 Å². The second kappa shape index (κ2) is 16.9. The average Bonchev–Trinajstić information content (AvgIpc) is 4.21. The summed E-state index contributed by atoms with van der Waals surface area (Å²) in [6.45, 7) is 0. The van der Waals surface area contributed by atoms with Crippen molar-refractivity contribution >= 4 is 122 Å². The van der Waals surface area contributed by atoms with Gasteiger partial charge < -0.3 is 4.90 Å². The van der Waals surface area contributed by atoms with Crippen molar-refractivity contribution in [2.24, 2.45) is 0 Å². The topological polar surface area (TPSA) is 46.5 Å². The molecule has 0 amide bonds. The van der Waals surface area contributed by atoms with Crippen LogP contribution in [0.4, 0.5) is 28.4 Å². The Morgan fingerprint density at radius 1 is 0.227 bits per heavy atom. The Balaban J connectivity index is 0.921. The van der Waals surface area contributed by atoms with Gasteiger partial charge in [-0.25, -0.2) is 18.7 Å². The summed E-state index contributed by atoms with van der Waals surface area (Å²) in [5, 5.41) is 14.1. The molecule has 0 aliphatic rings. The predicted octanol–water partition coefficient (Wildman–Crippen LogP) is 16.9. The van der Waals surface area contributed by atoms with Crippen LogP contribution in [0.15, 0.2) is 267 Å². The van der Waals surface area contributed by atoms with Crippen LogP contribution in [0.5, 0.6) is 0 Å². The summed E-state index contributed by atoms with van der Waals surface area (Å²) in [5.41, 5.74) is 14.1. The molecule has 11 aromatic carbocycles. The number of benzene rings is 11. The average molecular weight is 964 g/mol. The van der Waals surface area contributed by atoms with Gasteiger partial charge in [0.15, 0.2) is 0 Å². The first-order valence-corrected chi connectivity index (χ1v) is 25.3. The highest BCUT2D eigenvalue weighted by Crippen LogP contribution is 2.42. The number of aldehydes is 1. The molecule has 0 unspecified atom stereocenters. The minimum Gasteiger partial charge on any atom is -0.311 e. The molecule has 8 heteroatoms. The molecule has 75 heavy (non-hydrogen) atoms. The van der Waals surface area contributed by atoms with Crippen molar-refractivity contribution in [1.82, 2.24) is 18.7 Å². The van der Waals surface area contributed by atoms with Gasteiger partial charge in [-0.1, -0.05) is 146 Å². The van der Waals surface area contributed by atoms with Gasteiger partial charge in [-0.05, 0) is 121 Å². The zero-order valence-corrected chi connectivity index (χ0v) is 40.5. The second-order valence-corrected chi connectivity index (χ2v) is 19.0. The first-order valence-electron chi connectivity index (χ1n) is 25.3. The minimum atomic E-state index is 0.616. The van der Waals surface area contributed by atoms with E-state index in [4.69, 9.17) is 0 Å². The molecule has 15 aromatic rings. The highest BCUT2D eigenvalue weighted by molar-refractivity contribution is 6.12. The third-order valence-electron chi connectivity index (χ3n) is 14.9. The van der Waals surface area contributed by atoms with Gasteiger partial charge in [0.25, 0.3) is 0 Å². The highest BCUT2D eigenvalue weighted by atomic mass is 16.1. The molecule has 0 fully saturated rings. The van der Waals surface area contributed by atoms with Crippen LogP contribution in [0.2, 0.25) is 0 Å². The Bertz CT molecular complexity index is 3980. The third-order valence-corrected chi connectivity index (χ3v) is 14.9. The van der Waals surface area contributed by atoms with E-state index in [2.05, 4.69) is 276 Å². The van der Waals surface area contributed by atoms with Crippen LogP contribution in [0.25, 0.3) is 87.2 Å². The SMILES string of the molecule is O=Cc1ccc(N(c2ccc(N(n3c4ccccc4c4ccccc43)n3c4ccccc4c4ccccc43)cc2)c2ccc(N(n3c4ccccc4c4ccccc43)n3c4ccccc4c4ccccc43)cc2)cc1. The van der Waals surface area contributed by atoms with E-state index in [9.17, 15) is 4.79 Å². The Labute approximate surface area is 431 Å². The Morgan fingerprint density at radius 3 is 0.627 bits per heavy atom. The fraction of sp³-hybridized carbons (Fsp3) is 0. The summed E-state index contributed by atoms with van der Waals surface area (Å²) < 4.78 is 9.42. The fourth-order valence-corrected chi connectivity index (χ4v) is 11.7. The molecule has 0 N–H and O–H groups in total. The maximum absolute atomic E-state index is 12.0. The first kappa shape index (κ1) is 42.4. The number of nitrogens with zero attached hydrogens (tertiary/aromatic N) is 7. The lowest BCUT2D eigenvalue weighted by Gasteiger charge is -2.32. The van der Waals surface area contributed by atoms with Crippen molar-refractivity contribution in [1.29, 1.82) is 0 Å². The van der Waals surface area contributed by atoms with Gasteiger partial charge in [0.05, 0.1) is 55.5 Å². The molecule has 4 aromatic heterocycles. The van der Waals surface area contributed by atoms with E-state index in [0.29, 0.717) is 5.56 Å². The number of fused-ring (bicyclic) bond motifs is 12. The molecule has 0 atom stereocenters. The number of carbonyl (C=O) groups excluding carboxylic acids is 1. The van der Waals surface area contributed by atoms with Crippen molar-refractivity contribution < 1.29 is 4.79 Å². The number of aromatic nitrogens is 4. The lowest BCUT2D eigenvalue weighted by molar-refractivity contribution is 0.112. The van der Waals surface area contributed by atoms with Crippen LogP contribution in [-0.4, -0.2) is 25.0 Å². The van der Waals surface area contributed by atoms with Crippen molar-refractivity contribution in [2.45, 2.75) is 0 Å². The van der Waals surface area contributed by atoms with Gasteiger partial charge in [-0.2, -0.15) is 10.2 Å². The normalized spacial score (nSPS) is 11.8. The van der Waals surface area contributed by atoms with E-state index in [1.54, 1.807) is 0 Å².